The summed E-state index contributed by atoms with van der Waals surface area (Å²) >= 11 is 0. The number of ether oxygens (including phenoxy) is 1. The van der Waals surface area contributed by atoms with Gasteiger partial charge in [0, 0.05) is 12.2 Å². The molecule has 0 aliphatic carbocycles. The molecule has 0 aliphatic heterocycles. The van der Waals surface area contributed by atoms with Crippen LogP contribution in [-0.2, 0) is 9.53 Å². The van der Waals surface area contributed by atoms with Gasteiger partial charge in [0.2, 0.25) is 0 Å². The fraction of sp³-hybridized carbons (Fsp3) is 0.571. The Morgan fingerprint density at radius 1 is 1.25 bits per heavy atom. The van der Waals surface area contributed by atoms with E-state index in [1.54, 1.807) is 40.7 Å². The summed E-state index contributed by atoms with van der Waals surface area (Å²) in [6.07, 6.45) is -0.159. The van der Waals surface area contributed by atoms with E-state index >= 15 is 0 Å². The van der Waals surface area contributed by atoms with Crippen LogP contribution in [0.5, 0.6) is 0 Å². The largest absolute Gasteiger partial charge is 0.463 e. The van der Waals surface area contributed by atoms with E-state index in [9.17, 15) is 9.59 Å². The van der Waals surface area contributed by atoms with Gasteiger partial charge in [-0.25, -0.2) is 9.97 Å². The maximum absolute atomic E-state index is 11.9. The molecule has 0 fully saturated rings. The number of nitrogens with zero attached hydrogens (tertiary/aromatic N) is 2. The van der Waals surface area contributed by atoms with Gasteiger partial charge in [-0.15, -0.1) is 0 Å². The van der Waals surface area contributed by atoms with Crippen molar-refractivity contribution in [3.8, 4) is 0 Å². The summed E-state index contributed by atoms with van der Waals surface area (Å²) in [4.78, 5) is 31.7. The van der Waals surface area contributed by atoms with Gasteiger partial charge in [0.1, 0.15) is 11.5 Å². The molecule has 1 amide bonds. The van der Waals surface area contributed by atoms with E-state index in [2.05, 4.69) is 15.3 Å². The van der Waals surface area contributed by atoms with Crippen LogP contribution in [0, 0.1) is 19.8 Å². The Labute approximate surface area is 119 Å². The zero-order valence-corrected chi connectivity index (χ0v) is 12.6. The van der Waals surface area contributed by atoms with Crippen molar-refractivity contribution in [2.75, 3.05) is 6.54 Å². The van der Waals surface area contributed by atoms with E-state index in [0.717, 1.165) is 5.69 Å². The third-order valence-corrected chi connectivity index (χ3v) is 2.52. The number of aromatic nitrogens is 2. The summed E-state index contributed by atoms with van der Waals surface area (Å²) in [5.74, 6) is -0.494. The van der Waals surface area contributed by atoms with Crippen molar-refractivity contribution in [3.63, 3.8) is 0 Å². The van der Waals surface area contributed by atoms with Gasteiger partial charge in [-0.1, -0.05) is 6.92 Å². The second kappa shape index (κ2) is 6.98. The van der Waals surface area contributed by atoms with Crippen molar-refractivity contribution in [1.29, 1.82) is 0 Å². The highest BCUT2D eigenvalue weighted by molar-refractivity contribution is 5.92. The second-order valence-electron chi connectivity index (χ2n) is 5.04. The lowest BCUT2D eigenvalue weighted by atomic mass is 10.2. The quantitative estimate of drug-likeness (QED) is 0.824. The number of esters is 1. The lowest BCUT2D eigenvalue weighted by Gasteiger charge is -2.14. The standard InChI is InChI=1S/C14H21N3O3/c1-8(2)20-14(19)9(3)7-15-13(18)12-6-10(4)16-11(5)17-12/h6,8-9H,7H2,1-5H3,(H,15,18). The molecule has 1 unspecified atom stereocenters. The number of hydrogen-bond acceptors (Lipinski definition) is 5. The molecule has 0 aliphatic rings. The minimum atomic E-state index is -0.398. The topological polar surface area (TPSA) is 81.2 Å². The fourth-order valence-electron chi connectivity index (χ4n) is 1.60. The summed E-state index contributed by atoms with van der Waals surface area (Å²) in [5, 5.41) is 2.68. The molecule has 1 heterocycles. The van der Waals surface area contributed by atoms with Crippen LogP contribution in [0.2, 0.25) is 0 Å². The van der Waals surface area contributed by atoms with Gasteiger partial charge in [0.25, 0.3) is 5.91 Å². The highest BCUT2D eigenvalue weighted by Crippen LogP contribution is 2.03. The molecule has 1 N–H and O–H groups in total. The minimum absolute atomic E-state index is 0.159. The molecule has 0 radical (unpaired) electrons. The molecule has 6 nitrogen and oxygen atoms in total. The molecule has 0 bridgehead atoms. The Bertz CT molecular complexity index is 480. The second-order valence-corrected chi connectivity index (χ2v) is 5.04. The first-order chi connectivity index (χ1) is 9.29. The molecular weight excluding hydrogens is 258 g/mol. The van der Waals surface area contributed by atoms with Crippen LogP contribution in [-0.4, -0.2) is 34.5 Å². The Balaban J connectivity index is 2.56. The van der Waals surface area contributed by atoms with E-state index in [-0.39, 0.29) is 24.5 Å². The van der Waals surface area contributed by atoms with Crippen LogP contribution in [0.25, 0.3) is 0 Å². The monoisotopic (exact) mass is 279 g/mol. The van der Waals surface area contributed by atoms with Crippen LogP contribution in [0.4, 0.5) is 0 Å². The van der Waals surface area contributed by atoms with Crippen molar-refractivity contribution in [2.24, 2.45) is 5.92 Å². The highest BCUT2D eigenvalue weighted by Gasteiger charge is 2.17. The normalized spacial score (nSPS) is 12.1. The maximum atomic E-state index is 11.9. The molecule has 1 atom stereocenters. The van der Waals surface area contributed by atoms with Crippen molar-refractivity contribution in [3.05, 3.63) is 23.3 Å². The predicted octanol–water partition coefficient (Wildman–Crippen LogP) is 1.41. The van der Waals surface area contributed by atoms with Gasteiger partial charge in [-0.05, 0) is 33.8 Å². The van der Waals surface area contributed by atoms with Gasteiger partial charge >= 0.3 is 5.97 Å². The zero-order valence-electron chi connectivity index (χ0n) is 12.6. The van der Waals surface area contributed by atoms with E-state index < -0.39 is 5.92 Å². The molecule has 0 aromatic carbocycles. The average molecular weight is 279 g/mol. The van der Waals surface area contributed by atoms with Crippen molar-refractivity contribution in [1.82, 2.24) is 15.3 Å². The van der Waals surface area contributed by atoms with Crippen molar-refractivity contribution >= 4 is 11.9 Å². The minimum Gasteiger partial charge on any atom is -0.463 e. The molecule has 0 spiro atoms. The lowest BCUT2D eigenvalue weighted by molar-refractivity contribution is -0.151. The lowest BCUT2D eigenvalue weighted by Crippen LogP contribution is -2.33. The summed E-state index contributed by atoms with van der Waals surface area (Å²) < 4.78 is 5.07. The van der Waals surface area contributed by atoms with Gasteiger partial charge in [-0.3, -0.25) is 9.59 Å². The smallest absolute Gasteiger partial charge is 0.310 e. The van der Waals surface area contributed by atoms with Crippen LogP contribution >= 0.6 is 0 Å². The van der Waals surface area contributed by atoms with Gasteiger partial charge < -0.3 is 10.1 Å². The molecule has 0 saturated carbocycles. The van der Waals surface area contributed by atoms with E-state index in [0.29, 0.717) is 11.5 Å². The summed E-state index contributed by atoms with van der Waals surface area (Å²) in [6.45, 7) is 9.03. The SMILES string of the molecule is Cc1cc(C(=O)NCC(C)C(=O)OC(C)C)nc(C)n1. The number of rotatable bonds is 5. The Hall–Kier alpha value is -1.98. The summed E-state index contributed by atoms with van der Waals surface area (Å²) in [7, 11) is 0. The molecule has 20 heavy (non-hydrogen) atoms. The molecule has 1 aromatic heterocycles. The van der Waals surface area contributed by atoms with Crippen LogP contribution in [0.3, 0.4) is 0 Å². The van der Waals surface area contributed by atoms with E-state index in [1.165, 1.54) is 0 Å². The third-order valence-electron chi connectivity index (χ3n) is 2.52. The number of hydrogen-bond donors (Lipinski definition) is 1. The number of carbonyl (C=O) groups excluding carboxylic acids is 2. The maximum Gasteiger partial charge on any atom is 0.310 e. The third kappa shape index (κ3) is 4.95. The molecule has 6 heteroatoms. The van der Waals surface area contributed by atoms with Crippen molar-refractivity contribution in [2.45, 2.75) is 40.7 Å². The molecule has 1 aromatic rings. The van der Waals surface area contributed by atoms with Crippen LogP contribution in [0.1, 0.15) is 42.8 Å². The molecule has 0 saturated heterocycles. The Kier molecular flexibility index (Phi) is 5.61. The number of amides is 1. The van der Waals surface area contributed by atoms with Crippen LogP contribution in [0.15, 0.2) is 6.07 Å². The highest BCUT2D eigenvalue weighted by atomic mass is 16.5. The average Bonchev–Trinajstić information content (AvgIpc) is 2.33. The summed E-state index contributed by atoms with van der Waals surface area (Å²) in [6, 6.07) is 1.61. The first-order valence-electron chi connectivity index (χ1n) is 6.60. The number of aryl methyl sites for hydroxylation is 2. The fourth-order valence-corrected chi connectivity index (χ4v) is 1.60. The van der Waals surface area contributed by atoms with E-state index in [1.807, 2.05) is 0 Å². The Morgan fingerprint density at radius 2 is 1.90 bits per heavy atom. The van der Waals surface area contributed by atoms with Gasteiger partial charge in [-0.2, -0.15) is 0 Å². The van der Waals surface area contributed by atoms with Crippen molar-refractivity contribution < 1.29 is 14.3 Å². The van der Waals surface area contributed by atoms with Gasteiger partial charge in [0.15, 0.2) is 0 Å². The predicted molar refractivity (Wildman–Crippen MR) is 74.2 cm³/mol. The molecular formula is C14H21N3O3. The first kappa shape index (κ1) is 16.1. The first-order valence-corrected chi connectivity index (χ1v) is 6.60. The van der Waals surface area contributed by atoms with Gasteiger partial charge in [0.05, 0.1) is 12.0 Å². The Morgan fingerprint density at radius 3 is 2.45 bits per heavy atom. The number of carbonyl (C=O) groups is 2. The van der Waals surface area contributed by atoms with E-state index in [4.69, 9.17) is 4.74 Å². The zero-order chi connectivity index (χ0) is 15.3. The van der Waals surface area contributed by atoms with Crippen LogP contribution < -0.4 is 5.32 Å². The number of nitrogens with one attached hydrogen (secondary N) is 1. The summed E-state index contributed by atoms with van der Waals surface area (Å²) in [5.41, 5.74) is 1.04. The molecule has 1 rings (SSSR count). The molecule has 110 valence electrons.